The summed E-state index contributed by atoms with van der Waals surface area (Å²) in [5.41, 5.74) is 0.486. The minimum atomic E-state index is -3.72. The lowest BCUT2D eigenvalue weighted by Crippen LogP contribution is -2.31. The Kier molecular flexibility index (Phi) is 7.96. The third-order valence-electron chi connectivity index (χ3n) is 4.43. The number of ether oxygens (including phenoxy) is 2. The molecule has 0 radical (unpaired) electrons. The fourth-order valence-corrected chi connectivity index (χ4v) is 4.26. The summed E-state index contributed by atoms with van der Waals surface area (Å²) in [5, 5.41) is 2.64. The molecule has 30 heavy (non-hydrogen) atoms. The van der Waals surface area contributed by atoms with Crippen LogP contribution in [-0.4, -0.2) is 50.9 Å². The molecule has 0 aliphatic carbocycles. The first-order valence-corrected chi connectivity index (χ1v) is 10.9. The molecular weight excluding hydrogens is 408 g/mol. The monoisotopic (exact) mass is 434 g/mol. The second kappa shape index (κ2) is 10.2. The van der Waals surface area contributed by atoms with Gasteiger partial charge in [0.2, 0.25) is 10.0 Å². The molecule has 0 spiro atoms. The summed E-state index contributed by atoms with van der Waals surface area (Å²) in [6.07, 6.45) is -1.11. The van der Waals surface area contributed by atoms with Crippen LogP contribution in [-0.2, 0) is 19.6 Å². The standard InChI is InChI=1S/C21H26N2O6S/c1-5-23(6-2)30(26,27)17-11-9-10-16(14-17)21(25)29-15(3)20(24)22-18-12-7-8-13-19(18)28-4/h7-15H,5-6H2,1-4H3,(H,22,24)/t15-/m0/s1. The SMILES string of the molecule is CCN(CC)S(=O)(=O)c1cccc(C(=O)O[C@@H](C)C(=O)Nc2ccccc2OC)c1. The zero-order chi connectivity index (χ0) is 22.3. The maximum absolute atomic E-state index is 12.7. The highest BCUT2D eigenvalue weighted by molar-refractivity contribution is 7.89. The first-order valence-electron chi connectivity index (χ1n) is 9.49. The molecule has 9 heteroatoms. The number of carbonyl (C=O) groups excluding carboxylic acids is 2. The smallest absolute Gasteiger partial charge is 0.338 e. The van der Waals surface area contributed by atoms with Crippen LogP contribution in [0.25, 0.3) is 0 Å². The van der Waals surface area contributed by atoms with Gasteiger partial charge in [-0.25, -0.2) is 13.2 Å². The number of methoxy groups -OCH3 is 1. The number of nitrogens with one attached hydrogen (secondary N) is 1. The quantitative estimate of drug-likeness (QED) is 0.609. The Balaban J connectivity index is 2.13. The molecule has 8 nitrogen and oxygen atoms in total. The fraction of sp³-hybridized carbons (Fsp3) is 0.333. The van der Waals surface area contributed by atoms with Gasteiger partial charge in [0.05, 0.1) is 23.3 Å². The van der Waals surface area contributed by atoms with Gasteiger partial charge in [-0.15, -0.1) is 0 Å². The molecule has 1 atom stereocenters. The van der Waals surface area contributed by atoms with Crippen molar-refractivity contribution in [3.63, 3.8) is 0 Å². The largest absolute Gasteiger partial charge is 0.495 e. The molecule has 0 saturated heterocycles. The molecule has 162 valence electrons. The minimum absolute atomic E-state index is 0.00761. The van der Waals surface area contributed by atoms with E-state index in [9.17, 15) is 18.0 Å². The number of anilines is 1. The Hall–Kier alpha value is -2.91. The number of rotatable bonds is 9. The minimum Gasteiger partial charge on any atom is -0.495 e. The Morgan fingerprint density at radius 1 is 1.07 bits per heavy atom. The molecule has 2 rings (SSSR count). The number of carbonyl (C=O) groups is 2. The van der Waals surface area contributed by atoms with E-state index in [4.69, 9.17) is 9.47 Å². The predicted molar refractivity (Wildman–Crippen MR) is 113 cm³/mol. The highest BCUT2D eigenvalue weighted by atomic mass is 32.2. The maximum atomic E-state index is 12.7. The van der Waals surface area contributed by atoms with Crippen molar-refractivity contribution in [2.24, 2.45) is 0 Å². The van der Waals surface area contributed by atoms with Crippen LogP contribution in [0.2, 0.25) is 0 Å². The summed E-state index contributed by atoms with van der Waals surface area (Å²) in [6, 6.07) is 12.4. The number of amides is 1. The number of para-hydroxylation sites is 2. The Morgan fingerprint density at radius 3 is 2.37 bits per heavy atom. The molecule has 0 bridgehead atoms. The van der Waals surface area contributed by atoms with Gasteiger partial charge in [-0.3, -0.25) is 4.79 Å². The summed E-state index contributed by atoms with van der Waals surface area (Å²) < 4.78 is 37.0. The van der Waals surface area contributed by atoms with Gasteiger partial charge in [0.15, 0.2) is 6.10 Å². The second-order valence-corrected chi connectivity index (χ2v) is 8.29. The summed E-state index contributed by atoms with van der Waals surface area (Å²) >= 11 is 0. The van der Waals surface area contributed by atoms with Crippen LogP contribution in [0.1, 0.15) is 31.1 Å². The number of hydrogen-bond donors (Lipinski definition) is 1. The van der Waals surface area contributed by atoms with E-state index < -0.39 is 28.0 Å². The van der Waals surface area contributed by atoms with Gasteiger partial charge in [0, 0.05) is 13.1 Å². The van der Waals surface area contributed by atoms with Crippen LogP contribution in [0.3, 0.4) is 0 Å². The van der Waals surface area contributed by atoms with E-state index in [2.05, 4.69) is 5.32 Å². The van der Waals surface area contributed by atoms with E-state index >= 15 is 0 Å². The lowest BCUT2D eigenvalue weighted by Gasteiger charge is -2.19. The van der Waals surface area contributed by atoms with Crippen molar-refractivity contribution in [2.45, 2.75) is 31.8 Å². The van der Waals surface area contributed by atoms with Gasteiger partial charge in [0.25, 0.3) is 5.91 Å². The molecule has 0 fully saturated rings. The summed E-state index contributed by atoms with van der Waals surface area (Å²) in [4.78, 5) is 24.9. The van der Waals surface area contributed by atoms with Crippen molar-refractivity contribution in [3.05, 3.63) is 54.1 Å². The molecular formula is C21H26N2O6S. The van der Waals surface area contributed by atoms with E-state index in [1.54, 1.807) is 38.1 Å². The Morgan fingerprint density at radius 2 is 1.73 bits per heavy atom. The molecule has 0 aliphatic heterocycles. The van der Waals surface area contributed by atoms with Crippen molar-refractivity contribution in [3.8, 4) is 5.75 Å². The normalized spacial score (nSPS) is 12.3. The predicted octanol–water partition coefficient (Wildman–Crippen LogP) is 2.91. The Bertz CT molecular complexity index is 1000. The third kappa shape index (κ3) is 5.37. The van der Waals surface area contributed by atoms with Crippen LogP contribution in [0, 0.1) is 0 Å². The highest BCUT2D eigenvalue weighted by Crippen LogP contribution is 2.23. The van der Waals surface area contributed by atoms with Crippen molar-refractivity contribution in [1.29, 1.82) is 0 Å². The Labute approximate surface area is 176 Å². The molecule has 0 aliphatic rings. The molecule has 2 aromatic rings. The molecule has 1 N–H and O–H groups in total. The van der Waals surface area contributed by atoms with Crippen LogP contribution in [0.4, 0.5) is 5.69 Å². The van der Waals surface area contributed by atoms with Gasteiger partial charge in [-0.05, 0) is 37.3 Å². The van der Waals surface area contributed by atoms with Crippen LogP contribution >= 0.6 is 0 Å². The summed E-state index contributed by atoms with van der Waals surface area (Å²) in [7, 11) is -2.24. The van der Waals surface area contributed by atoms with Crippen LogP contribution in [0.5, 0.6) is 5.75 Å². The molecule has 0 heterocycles. The molecule has 0 unspecified atom stereocenters. The number of nitrogens with zero attached hydrogens (tertiary/aromatic N) is 1. The third-order valence-corrected chi connectivity index (χ3v) is 6.48. The lowest BCUT2D eigenvalue weighted by molar-refractivity contribution is -0.123. The van der Waals surface area contributed by atoms with Gasteiger partial charge in [-0.1, -0.05) is 32.0 Å². The maximum Gasteiger partial charge on any atom is 0.338 e. The van der Waals surface area contributed by atoms with Crippen molar-refractivity contribution in [1.82, 2.24) is 4.31 Å². The van der Waals surface area contributed by atoms with Crippen molar-refractivity contribution < 1.29 is 27.5 Å². The highest BCUT2D eigenvalue weighted by Gasteiger charge is 2.24. The van der Waals surface area contributed by atoms with E-state index in [0.29, 0.717) is 24.5 Å². The van der Waals surface area contributed by atoms with E-state index in [-0.39, 0.29) is 10.5 Å². The van der Waals surface area contributed by atoms with E-state index in [1.807, 2.05) is 0 Å². The number of sulfonamides is 1. The summed E-state index contributed by atoms with van der Waals surface area (Å²) in [5.74, 6) is -0.868. The van der Waals surface area contributed by atoms with Gasteiger partial charge in [-0.2, -0.15) is 4.31 Å². The number of hydrogen-bond acceptors (Lipinski definition) is 6. The summed E-state index contributed by atoms with van der Waals surface area (Å²) in [6.45, 7) is 5.53. The average molecular weight is 435 g/mol. The number of benzene rings is 2. The van der Waals surface area contributed by atoms with Crippen LogP contribution in [0.15, 0.2) is 53.4 Å². The van der Waals surface area contributed by atoms with Gasteiger partial charge >= 0.3 is 5.97 Å². The molecule has 1 amide bonds. The zero-order valence-corrected chi connectivity index (χ0v) is 18.2. The first-order chi connectivity index (χ1) is 14.2. The van der Waals surface area contributed by atoms with Crippen LogP contribution < -0.4 is 10.1 Å². The first kappa shape index (κ1) is 23.4. The number of esters is 1. The molecule has 0 aromatic heterocycles. The van der Waals surface area contributed by atoms with Crippen molar-refractivity contribution >= 4 is 27.6 Å². The second-order valence-electron chi connectivity index (χ2n) is 6.35. The molecule has 0 saturated carbocycles. The van der Waals surface area contributed by atoms with Crippen molar-refractivity contribution in [2.75, 3.05) is 25.5 Å². The zero-order valence-electron chi connectivity index (χ0n) is 17.4. The molecule has 2 aromatic carbocycles. The van der Waals surface area contributed by atoms with E-state index in [1.165, 1.54) is 42.6 Å². The van der Waals surface area contributed by atoms with E-state index in [0.717, 1.165) is 0 Å². The average Bonchev–Trinajstić information content (AvgIpc) is 2.74. The lowest BCUT2D eigenvalue weighted by atomic mass is 10.2. The topological polar surface area (TPSA) is 102 Å². The van der Waals surface area contributed by atoms with Gasteiger partial charge < -0.3 is 14.8 Å². The fourth-order valence-electron chi connectivity index (χ4n) is 2.76. The van der Waals surface area contributed by atoms with Gasteiger partial charge in [0.1, 0.15) is 5.75 Å².